The molecule has 1 aliphatic heterocycles. The largest absolute Gasteiger partial charge is 0.493 e. The number of amides is 2. The summed E-state index contributed by atoms with van der Waals surface area (Å²) in [4.78, 5) is 27.9. The van der Waals surface area contributed by atoms with Gasteiger partial charge in [-0.1, -0.05) is 18.2 Å². The van der Waals surface area contributed by atoms with E-state index in [-0.39, 0.29) is 24.8 Å². The van der Waals surface area contributed by atoms with E-state index >= 15 is 0 Å². The van der Waals surface area contributed by atoms with Gasteiger partial charge in [-0.15, -0.1) is 0 Å². The molecule has 3 aromatic rings. The molecular weight excluding hydrogens is 424 g/mol. The molecular formula is C25H26N2O6. The molecule has 0 radical (unpaired) electrons. The van der Waals surface area contributed by atoms with Crippen LogP contribution in [0.5, 0.6) is 17.2 Å². The van der Waals surface area contributed by atoms with Crippen molar-refractivity contribution in [3.05, 3.63) is 77.2 Å². The zero-order chi connectivity index (χ0) is 23.4. The van der Waals surface area contributed by atoms with Gasteiger partial charge in [0.15, 0.2) is 11.5 Å². The smallest absolute Gasteiger partial charge is 0.255 e. The maximum absolute atomic E-state index is 13.3. The van der Waals surface area contributed by atoms with Gasteiger partial charge in [-0.25, -0.2) is 0 Å². The van der Waals surface area contributed by atoms with Gasteiger partial charge < -0.3 is 28.8 Å². The Hall–Kier alpha value is -3.94. The van der Waals surface area contributed by atoms with E-state index in [4.69, 9.17) is 18.6 Å². The van der Waals surface area contributed by atoms with Gasteiger partial charge >= 0.3 is 0 Å². The Bertz CT molecular complexity index is 1120. The number of carbonyl (C=O) groups is 2. The highest BCUT2D eigenvalue weighted by molar-refractivity contribution is 5.98. The molecule has 1 atom stereocenters. The summed E-state index contributed by atoms with van der Waals surface area (Å²) in [6.45, 7) is 0.670. The average molecular weight is 450 g/mol. The molecule has 1 N–H and O–H groups in total. The molecule has 0 saturated heterocycles. The van der Waals surface area contributed by atoms with Crippen molar-refractivity contribution in [2.24, 2.45) is 0 Å². The van der Waals surface area contributed by atoms with Crippen LogP contribution in [0.15, 0.2) is 59.2 Å². The predicted octanol–water partition coefficient (Wildman–Crippen LogP) is 3.71. The number of benzene rings is 2. The number of hydrogen-bond acceptors (Lipinski definition) is 6. The Balaban J connectivity index is 1.67. The molecule has 1 aromatic heterocycles. The minimum absolute atomic E-state index is 0.0546. The van der Waals surface area contributed by atoms with E-state index in [1.54, 1.807) is 41.5 Å². The van der Waals surface area contributed by atoms with E-state index in [1.165, 1.54) is 21.3 Å². The van der Waals surface area contributed by atoms with E-state index < -0.39 is 6.04 Å². The Kier molecular flexibility index (Phi) is 6.53. The molecule has 0 saturated carbocycles. The van der Waals surface area contributed by atoms with Crippen molar-refractivity contribution in [3.8, 4) is 17.2 Å². The van der Waals surface area contributed by atoms with Gasteiger partial charge in [-0.2, -0.15) is 0 Å². The summed E-state index contributed by atoms with van der Waals surface area (Å²) in [6.07, 6.45) is 1.61. The lowest BCUT2D eigenvalue weighted by molar-refractivity contribution is -0.122. The summed E-state index contributed by atoms with van der Waals surface area (Å²) in [5, 5.41) is 2.87. The van der Waals surface area contributed by atoms with E-state index in [2.05, 4.69) is 5.32 Å². The summed E-state index contributed by atoms with van der Waals surface area (Å²) < 4.78 is 21.7. The number of carbonyl (C=O) groups excluding carboxylic acids is 2. The highest BCUT2D eigenvalue weighted by atomic mass is 16.5. The van der Waals surface area contributed by atoms with Crippen LogP contribution in [0.1, 0.15) is 39.7 Å². The van der Waals surface area contributed by atoms with Crippen LogP contribution in [0, 0.1) is 0 Å². The molecule has 2 amide bonds. The van der Waals surface area contributed by atoms with Crippen LogP contribution < -0.4 is 19.5 Å². The fourth-order valence-electron chi connectivity index (χ4n) is 4.08. The fraction of sp³-hybridized carbons (Fsp3) is 0.280. The monoisotopic (exact) mass is 450 g/mol. The summed E-state index contributed by atoms with van der Waals surface area (Å²) in [5.41, 5.74) is 2.28. The molecule has 4 rings (SSSR count). The lowest BCUT2D eigenvalue weighted by Gasteiger charge is -2.29. The van der Waals surface area contributed by atoms with E-state index in [1.807, 2.05) is 18.2 Å². The van der Waals surface area contributed by atoms with Crippen molar-refractivity contribution in [1.82, 2.24) is 10.2 Å². The Labute approximate surface area is 192 Å². The number of ether oxygens (including phenoxy) is 3. The molecule has 172 valence electrons. The van der Waals surface area contributed by atoms with Gasteiger partial charge in [0.1, 0.15) is 5.76 Å². The third-order valence-corrected chi connectivity index (χ3v) is 5.72. The van der Waals surface area contributed by atoms with Crippen LogP contribution >= 0.6 is 0 Å². The topological polar surface area (TPSA) is 90.2 Å². The third kappa shape index (κ3) is 4.50. The standard InChI is InChI=1S/C25H26N2O6/c1-30-21-11-17(12-22(31-2)24(21)32-3)20(13-23(28)26-14-18-8-6-10-33-18)27-15-16-7-4-5-9-19(16)25(27)29/h4-12,20H,13-15H2,1-3H3,(H,26,28)/t20-/m1/s1. The first-order valence-corrected chi connectivity index (χ1v) is 10.5. The average Bonchev–Trinajstić information content (AvgIpc) is 3.48. The van der Waals surface area contributed by atoms with Crippen molar-refractivity contribution >= 4 is 11.8 Å². The van der Waals surface area contributed by atoms with Crippen molar-refractivity contribution in [2.75, 3.05) is 21.3 Å². The van der Waals surface area contributed by atoms with Crippen LogP contribution in [-0.2, 0) is 17.9 Å². The van der Waals surface area contributed by atoms with Gasteiger partial charge in [0.2, 0.25) is 11.7 Å². The quantitative estimate of drug-likeness (QED) is 0.535. The highest BCUT2D eigenvalue weighted by Gasteiger charge is 2.35. The maximum Gasteiger partial charge on any atom is 0.255 e. The summed E-state index contributed by atoms with van der Waals surface area (Å²) in [6, 6.07) is 14.0. The Morgan fingerprint density at radius 1 is 1.06 bits per heavy atom. The van der Waals surface area contributed by atoms with E-state index in [0.29, 0.717) is 40.7 Å². The highest BCUT2D eigenvalue weighted by Crippen LogP contribution is 2.42. The van der Waals surface area contributed by atoms with Crippen molar-refractivity contribution in [3.63, 3.8) is 0 Å². The normalized spacial score (nSPS) is 13.4. The van der Waals surface area contributed by atoms with Crippen molar-refractivity contribution in [2.45, 2.75) is 25.6 Å². The first-order chi connectivity index (χ1) is 16.0. The number of nitrogens with one attached hydrogen (secondary N) is 1. The van der Waals surface area contributed by atoms with Crippen LogP contribution in [0.3, 0.4) is 0 Å². The zero-order valence-electron chi connectivity index (χ0n) is 18.8. The van der Waals surface area contributed by atoms with Crippen LogP contribution in [0.25, 0.3) is 0 Å². The Morgan fingerprint density at radius 2 is 1.79 bits per heavy atom. The maximum atomic E-state index is 13.3. The molecule has 0 aliphatic carbocycles. The predicted molar refractivity (Wildman–Crippen MR) is 120 cm³/mol. The number of rotatable bonds is 9. The molecule has 0 unspecified atom stereocenters. The van der Waals surface area contributed by atoms with E-state index in [0.717, 1.165) is 5.56 Å². The molecule has 8 heteroatoms. The molecule has 8 nitrogen and oxygen atoms in total. The first kappa shape index (κ1) is 22.3. The zero-order valence-corrected chi connectivity index (χ0v) is 18.8. The van der Waals surface area contributed by atoms with Crippen LogP contribution in [0.4, 0.5) is 0 Å². The summed E-state index contributed by atoms with van der Waals surface area (Å²) in [5.74, 6) is 1.67. The van der Waals surface area contributed by atoms with Gasteiger partial charge in [-0.05, 0) is 41.5 Å². The van der Waals surface area contributed by atoms with Crippen molar-refractivity contribution in [1.29, 1.82) is 0 Å². The Morgan fingerprint density at radius 3 is 2.39 bits per heavy atom. The molecule has 0 bridgehead atoms. The SMILES string of the molecule is COc1cc([C@@H](CC(=O)NCc2ccco2)N2Cc3ccccc3C2=O)cc(OC)c1OC. The molecule has 2 aromatic carbocycles. The summed E-state index contributed by atoms with van der Waals surface area (Å²) >= 11 is 0. The number of methoxy groups -OCH3 is 3. The van der Waals surface area contributed by atoms with Crippen molar-refractivity contribution < 1.29 is 28.2 Å². The number of nitrogens with zero attached hydrogens (tertiary/aromatic N) is 1. The molecule has 0 spiro atoms. The molecule has 2 heterocycles. The van der Waals surface area contributed by atoms with Crippen LogP contribution in [-0.4, -0.2) is 38.0 Å². The lowest BCUT2D eigenvalue weighted by Crippen LogP contribution is -2.34. The van der Waals surface area contributed by atoms with Gasteiger partial charge in [-0.3, -0.25) is 9.59 Å². The second-order valence-electron chi connectivity index (χ2n) is 7.62. The number of hydrogen-bond donors (Lipinski definition) is 1. The van der Waals surface area contributed by atoms with Gasteiger partial charge in [0.25, 0.3) is 5.91 Å². The third-order valence-electron chi connectivity index (χ3n) is 5.72. The molecule has 1 aliphatic rings. The number of fused-ring (bicyclic) bond motifs is 1. The minimum Gasteiger partial charge on any atom is -0.493 e. The first-order valence-electron chi connectivity index (χ1n) is 10.5. The number of furan rings is 1. The summed E-state index contributed by atoms with van der Waals surface area (Å²) in [7, 11) is 4.59. The lowest BCUT2D eigenvalue weighted by atomic mass is 10.00. The fourth-order valence-corrected chi connectivity index (χ4v) is 4.08. The minimum atomic E-state index is -0.546. The second-order valence-corrected chi connectivity index (χ2v) is 7.62. The van der Waals surface area contributed by atoms with Crippen LogP contribution in [0.2, 0.25) is 0 Å². The molecule has 33 heavy (non-hydrogen) atoms. The molecule has 0 fully saturated rings. The van der Waals surface area contributed by atoms with Gasteiger partial charge in [0.05, 0.1) is 46.6 Å². The second kappa shape index (κ2) is 9.68. The van der Waals surface area contributed by atoms with E-state index in [9.17, 15) is 9.59 Å². The van der Waals surface area contributed by atoms with Gasteiger partial charge in [0, 0.05) is 12.1 Å².